The van der Waals surface area contributed by atoms with Gasteiger partial charge in [-0.2, -0.15) is 0 Å². The Kier molecular flexibility index (Phi) is 9.74. The van der Waals surface area contributed by atoms with E-state index in [9.17, 15) is 4.79 Å². The Morgan fingerprint density at radius 3 is 2.18 bits per heavy atom. The van der Waals surface area contributed by atoms with E-state index in [1.807, 2.05) is 74.5 Å². The number of carbonyl (C=O) groups is 1. The molecule has 44 heavy (non-hydrogen) atoms. The summed E-state index contributed by atoms with van der Waals surface area (Å²) in [5, 5.41) is 1.64. The number of nitrogens with zero attached hydrogens (tertiary/aromatic N) is 2. The summed E-state index contributed by atoms with van der Waals surface area (Å²) in [6.45, 7) is 4.08. The first-order valence-corrected chi connectivity index (χ1v) is 15.1. The first-order chi connectivity index (χ1) is 21.2. The molecule has 1 aliphatic rings. The van der Waals surface area contributed by atoms with Crippen LogP contribution in [0.3, 0.4) is 0 Å². The quantitative estimate of drug-likeness (QED) is 0.169. The number of ether oxygens (including phenoxy) is 4. The summed E-state index contributed by atoms with van der Waals surface area (Å²) in [4.78, 5) is 20.7. The molecular formula is C34H30Cl2N2O5S. The molecule has 0 unspecified atom stereocenters. The lowest BCUT2D eigenvalue weighted by atomic mass is 10.1. The van der Waals surface area contributed by atoms with E-state index in [0.29, 0.717) is 54.5 Å². The van der Waals surface area contributed by atoms with Crippen LogP contribution in [-0.4, -0.2) is 32.4 Å². The number of aliphatic imine (C=N–C) groups is 1. The largest absolute Gasteiger partial charge is 0.497 e. The number of amides is 1. The molecule has 1 heterocycles. The Morgan fingerprint density at radius 2 is 1.50 bits per heavy atom. The maximum absolute atomic E-state index is 13.8. The summed E-state index contributed by atoms with van der Waals surface area (Å²) >= 11 is 14.1. The van der Waals surface area contributed by atoms with E-state index in [1.165, 1.54) is 11.8 Å². The number of rotatable bonds is 9. The first-order valence-electron chi connectivity index (χ1n) is 13.6. The van der Waals surface area contributed by atoms with Gasteiger partial charge in [-0.15, -0.1) is 0 Å². The van der Waals surface area contributed by atoms with Gasteiger partial charge in [-0.1, -0.05) is 41.4 Å². The van der Waals surface area contributed by atoms with Gasteiger partial charge in [-0.25, -0.2) is 4.99 Å². The number of anilines is 1. The predicted molar refractivity (Wildman–Crippen MR) is 179 cm³/mol. The molecule has 1 amide bonds. The Labute approximate surface area is 271 Å². The minimum Gasteiger partial charge on any atom is -0.497 e. The lowest BCUT2D eigenvalue weighted by molar-refractivity contribution is -0.113. The number of benzene rings is 4. The molecule has 1 aliphatic heterocycles. The Balaban J connectivity index is 1.46. The molecule has 0 aromatic heterocycles. The van der Waals surface area contributed by atoms with Crippen LogP contribution < -0.4 is 23.8 Å². The summed E-state index contributed by atoms with van der Waals surface area (Å²) in [6.07, 6.45) is 1.80. The van der Waals surface area contributed by atoms with Crippen molar-refractivity contribution in [1.29, 1.82) is 0 Å². The van der Waals surface area contributed by atoms with Gasteiger partial charge < -0.3 is 18.9 Å². The first kappa shape index (κ1) is 31.3. The third-order valence-corrected chi connectivity index (χ3v) is 8.74. The highest BCUT2D eigenvalue weighted by atomic mass is 35.5. The standard InChI is InChI=1S/C34H30Cl2N2O5S/c1-20-6-9-24(17-27(20)35)37-34-38(25-10-7-21(2)28(36)18-25)33(39)32(44-34)15-22-8-12-30(31(14-22)42-5)43-19-23-16-26(40-3)11-13-29(23)41-4/h6-18H,19H2,1-5H3/b32-15-,37-34?. The van der Waals surface area contributed by atoms with E-state index in [4.69, 9.17) is 47.1 Å². The lowest BCUT2D eigenvalue weighted by Gasteiger charge is -2.16. The second-order valence-electron chi connectivity index (χ2n) is 9.89. The molecule has 4 aromatic carbocycles. The topological polar surface area (TPSA) is 69.6 Å². The van der Waals surface area contributed by atoms with Crippen molar-refractivity contribution in [2.75, 3.05) is 26.2 Å². The van der Waals surface area contributed by atoms with Gasteiger partial charge in [0.05, 0.1) is 37.6 Å². The normalized spacial score (nSPS) is 14.8. The van der Waals surface area contributed by atoms with E-state index < -0.39 is 0 Å². The van der Waals surface area contributed by atoms with Gasteiger partial charge in [0.15, 0.2) is 16.7 Å². The Bertz CT molecular complexity index is 1790. The van der Waals surface area contributed by atoms with Crippen LogP contribution in [-0.2, 0) is 11.4 Å². The van der Waals surface area contributed by atoms with Crippen molar-refractivity contribution in [3.63, 3.8) is 0 Å². The summed E-state index contributed by atoms with van der Waals surface area (Å²) < 4.78 is 22.5. The average molecular weight is 650 g/mol. The Hall–Kier alpha value is -4.11. The van der Waals surface area contributed by atoms with E-state index in [2.05, 4.69) is 0 Å². The maximum Gasteiger partial charge on any atom is 0.271 e. The monoisotopic (exact) mass is 648 g/mol. The number of hydrogen-bond donors (Lipinski definition) is 0. The molecule has 7 nitrogen and oxygen atoms in total. The van der Waals surface area contributed by atoms with Crippen molar-refractivity contribution < 1.29 is 23.7 Å². The minimum atomic E-state index is -0.226. The second kappa shape index (κ2) is 13.7. The van der Waals surface area contributed by atoms with E-state index in [-0.39, 0.29) is 12.5 Å². The number of hydrogen-bond acceptors (Lipinski definition) is 7. The van der Waals surface area contributed by atoms with Gasteiger partial charge >= 0.3 is 0 Å². The van der Waals surface area contributed by atoms with Crippen molar-refractivity contribution in [2.24, 2.45) is 4.99 Å². The zero-order chi connectivity index (χ0) is 31.4. The van der Waals surface area contributed by atoms with Crippen molar-refractivity contribution in [3.8, 4) is 23.0 Å². The van der Waals surface area contributed by atoms with Crippen LogP contribution in [0, 0.1) is 13.8 Å². The zero-order valence-corrected chi connectivity index (χ0v) is 27.1. The van der Waals surface area contributed by atoms with Crippen molar-refractivity contribution >= 4 is 63.5 Å². The molecule has 0 atom stereocenters. The number of halogens is 2. The highest BCUT2D eigenvalue weighted by Crippen LogP contribution is 2.40. The molecule has 0 spiro atoms. The van der Waals surface area contributed by atoms with E-state index in [1.54, 1.807) is 44.4 Å². The summed E-state index contributed by atoms with van der Waals surface area (Å²) in [6, 6.07) is 22.1. The summed E-state index contributed by atoms with van der Waals surface area (Å²) in [5.74, 6) is 2.22. The van der Waals surface area contributed by atoms with Gasteiger partial charge in [0, 0.05) is 15.6 Å². The number of amidine groups is 1. The third kappa shape index (κ3) is 6.83. The van der Waals surface area contributed by atoms with Gasteiger partial charge in [-0.05, 0) is 103 Å². The second-order valence-corrected chi connectivity index (χ2v) is 11.7. The fourth-order valence-corrected chi connectivity index (χ4v) is 5.80. The molecule has 1 fully saturated rings. The molecule has 226 valence electrons. The maximum atomic E-state index is 13.8. The fourth-order valence-electron chi connectivity index (χ4n) is 4.45. The van der Waals surface area contributed by atoms with Crippen molar-refractivity contribution in [1.82, 2.24) is 0 Å². The van der Waals surface area contributed by atoms with Crippen LogP contribution in [0.2, 0.25) is 10.0 Å². The van der Waals surface area contributed by atoms with E-state index >= 15 is 0 Å². The molecular weight excluding hydrogens is 619 g/mol. The van der Waals surface area contributed by atoms with Crippen molar-refractivity contribution in [2.45, 2.75) is 20.5 Å². The molecule has 0 radical (unpaired) electrons. The highest BCUT2D eigenvalue weighted by Gasteiger charge is 2.35. The van der Waals surface area contributed by atoms with Crippen LogP contribution >= 0.6 is 35.0 Å². The molecule has 0 aliphatic carbocycles. The number of aryl methyl sites for hydroxylation is 2. The molecule has 4 aromatic rings. The van der Waals surface area contributed by atoms with Crippen LogP contribution in [0.4, 0.5) is 11.4 Å². The molecule has 5 rings (SSSR count). The molecule has 0 saturated carbocycles. The van der Waals surface area contributed by atoms with Crippen LogP contribution in [0.15, 0.2) is 82.7 Å². The fraction of sp³-hybridized carbons (Fsp3) is 0.176. The third-order valence-electron chi connectivity index (χ3n) is 6.96. The lowest BCUT2D eigenvalue weighted by Crippen LogP contribution is -2.28. The molecule has 0 bridgehead atoms. The molecule has 0 N–H and O–H groups in total. The van der Waals surface area contributed by atoms with Gasteiger partial charge in [0.25, 0.3) is 5.91 Å². The summed E-state index contributed by atoms with van der Waals surface area (Å²) in [7, 11) is 4.79. The molecule has 10 heteroatoms. The SMILES string of the molecule is COc1ccc(OC)c(COc2ccc(/C=C3\SC(=Nc4ccc(C)c(Cl)c4)N(c4ccc(C)c(Cl)c4)C3=O)cc2OC)c1. The molecule has 1 saturated heterocycles. The van der Waals surface area contributed by atoms with Gasteiger partial charge in [-0.3, -0.25) is 9.69 Å². The van der Waals surface area contributed by atoms with Crippen molar-refractivity contribution in [3.05, 3.63) is 110 Å². The van der Waals surface area contributed by atoms with E-state index in [0.717, 1.165) is 22.3 Å². The van der Waals surface area contributed by atoms with Crippen LogP contribution in [0.1, 0.15) is 22.3 Å². The number of carbonyl (C=O) groups excluding carboxylic acids is 1. The average Bonchev–Trinajstić information content (AvgIpc) is 3.32. The summed E-state index contributed by atoms with van der Waals surface area (Å²) in [5.41, 5.74) is 4.69. The van der Waals surface area contributed by atoms with Crippen LogP contribution in [0.5, 0.6) is 23.0 Å². The zero-order valence-electron chi connectivity index (χ0n) is 24.8. The minimum absolute atomic E-state index is 0.226. The van der Waals surface area contributed by atoms with Gasteiger partial charge in [0.2, 0.25) is 0 Å². The number of methoxy groups -OCH3 is 3. The number of thioether (sulfide) groups is 1. The Morgan fingerprint density at radius 1 is 0.795 bits per heavy atom. The van der Waals surface area contributed by atoms with Crippen LogP contribution in [0.25, 0.3) is 6.08 Å². The van der Waals surface area contributed by atoms with Gasteiger partial charge in [0.1, 0.15) is 18.1 Å². The smallest absolute Gasteiger partial charge is 0.271 e. The predicted octanol–water partition coefficient (Wildman–Crippen LogP) is 9.02. The highest BCUT2D eigenvalue weighted by molar-refractivity contribution is 8.19.